The number of nitrogens with zero attached hydrogens (tertiary/aromatic N) is 4. The quantitative estimate of drug-likeness (QED) is 0.403. The first kappa shape index (κ1) is 22.6. The van der Waals surface area contributed by atoms with Gasteiger partial charge in [-0.15, -0.1) is 0 Å². The first-order valence-electron chi connectivity index (χ1n) is 11.8. The first-order valence-corrected chi connectivity index (χ1v) is 11.8. The molecule has 2 N–H and O–H groups in total. The van der Waals surface area contributed by atoms with Crippen LogP contribution in [0.4, 0.5) is 0 Å². The molecule has 0 amide bonds. The maximum Gasteiger partial charge on any atom is 0.191 e. The molecule has 3 aliphatic heterocycles. The van der Waals surface area contributed by atoms with E-state index in [0.717, 1.165) is 32.1 Å². The number of nitrogens with one attached hydrogen (secondary N) is 2. The lowest BCUT2D eigenvalue weighted by Gasteiger charge is -2.50. The third-order valence-corrected chi connectivity index (χ3v) is 7.18. The summed E-state index contributed by atoms with van der Waals surface area (Å²) in [6, 6.07) is 0.519. The largest absolute Gasteiger partial charge is 0.355 e. The van der Waals surface area contributed by atoms with Gasteiger partial charge in [-0.25, -0.2) is 0 Å². The number of hydrogen-bond acceptors (Lipinski definition) is 4. The smallest absolute Gasteiger partial charge is 0.191 e. The summed E-state index contributed by atoms with van der Waals surface area (Å²) in [4.78, 5) is 12.3. The topological polar surface area (TPSA) is 46.1 Å². The fourth-order valence-electron chi connectivity index (χ4n) is 5.26. The fraction of sp³-hybridized carbons (Fsp3) is 0.870. The molecule has 3 saturated heterocycles. The van der Waals surface area contributed by atoms with Gasteiger partial charge in [-0.3, -0.25) is 14.8 Å². The average molecular weight is 405 g/mol. The molecule has 3 rings (SSSR count). The van der Waals surface area contributed by atoms with Gasteiger partial charge < -0.3 is 15.5 Å². The van der Waals surface area contributed by atoms with Gasteiger partial charge >= 0.3 is 0 Å². The van der Waals surface area contributed by atoms with E-state index in [0.29, 0.717) is 6.04 Å². The highest BCUT2D eigenvalue weighted by atomic mass is 15.3. The molecule has 3 heterocycles. The number of aliphatic imine (C=N–C) groups is 1. The van der Waals surface area contributed by atoms with E-state index in [-0.39, 0.29) is 5.54 Å². The Bertz CT molecular complexity index is 538. The second-order valence-electron chi connectivity index (χ2n) is 9.65. The Kier molecular flexibility index (Phi) is 8.39. The number of guanidine groups is 1. The molecule has 166 valence electrons. The molecule has 0 aromatic heterocycles. The third kappa shape index (κ3) is 6.43. The van der Waals surface area contributed by atoms with Crippen LogP contribution in [0.15, 0.2) is 17.1 Å². The first-order chi connectivity index (χ1) is 14.0. The van der Waals surface area contributed by atoms with Crippen LogP contribution < -0.4 is 10.6 Å². The van der Waals surface area contributed by atoms with Gasteiger partial charge in [0.05, 0.1) is 0 Å². The molecular weight excluding hydrogens is 360 g/mol. The van der Waals surface area contributed by atoms with Crippen molar-refractivity contribution in [2.24, 2.45) is 4.99 Å². The Labute approximate surface area is 178 Å². The second kappa shape index (κ2) is 10.8. The van der Waals surface area contributed by atoms with Gasteiger partial charge in [-0.2, -0.15) is 0 Å². The van der Waals surface area contributed by atoms with Crippen molar-refractivity contribution < 1.29 is 0 Å². The minimum absolute atomic E-state index is 0.287. The van der Waals surface area contributed by atoms with E-state index in [1.54, 1.807) is 0 Å². The minimum Gasteiger partial charge on any atom is -0.355 e. The molecule has 0 radical (unpaired) electrons. The van der Waals surface area contributed by atoms with Crippen molar-refractivity contribution in [2.75, 3.05) is 66.5 Å². The molecule has 3 aliphatic rings. The monoisotopic (exact) mass is 404 g/mol. The zero-order valence-corrected chi connectivity index (χ0v) is 19.2. The summed E-state index contributed by atoms with van der Waals surface area (Å²) in [6.45, 7) is 15.4. The van der Waals surface area contributed by atoms with Gasteiger partial charge in [0, 0.05) is 44.8 Å². The Hall–Kier alpha value is -1.11. The molecule has 6 heteroatoms. The lowest BCUT2D eigenvalue weighted by atomic mass is 9.84. The molecule has 0 atom stereocenters. The average Bonchev–Trinajstić information content (AvgIpc) is 2.74. The Morgan fingerprint density at radius 2 is 1.69 bits per heavy atom. The Morgan fingerprint density at radius 1 is 1.03 bits per heavy atom. The summed E-state index contributed by atoms with van der Waals surface area (Å²) in [7, 11) is 4.17. The Balaban J connectivity index is 1.52. The third-order valence-electron chi connectivity index (χ3n) is 7.18. The molecule has 0 bridgehead atoms. The molecule has 6 nitrogen and oxygen atoms in total. The standard InChI is InChI=1S/C23H44N6/c1-20(2)18-28-14-8-21(9-15-28)26-22(24-3)25-19-23(10-16-27(4)17-11-23)29-12-6-5-7-13-29/h21H,1,5-19H2,2-4H3,(H2,24,25,26). The number of hydrogen-bond donors (Lipinski definition) is 2. The zero-order chi connectivity index (χ0) is 20.7. The summed E-state index contributed by atoms with van der Waals surface area (Å²) < 4.78 is 0. The van der Waals surface area contributed by atoms with Crippen molar-refractivity contribution in [3.63, 3.8) is 0 Å². The van der Waals surface area contributed by atoms with E-state index in [4.69, 9.17) is 0 Å². The van der Waals surface area contributed by atoms with Crippen molar-refractivity contribution >= 4 is 5.96 Å². The maximum atomic E-state index is 4.56. The highest BCUT2D eigenvalue weighted by molar-refractivity contribution is 5.80. The van der Waals surface area contributed by atoms with Crippen molar-refractivity contribution in [1.82, 2.24) is 25.3 Å². The van der Waals surface area contributed by atoms with Crippen LogP contribution in [0.2, 0.25) is 0 Å². The second-order valence-corrected chi connectivity index (χ2v) is 9.65. The van der Waals surface area contributed by atoms with Gasteiger partial charge in [0.1, 0.15) is 0 Å². The summed E-state index contributed by atoms with van der Waals surface area (Å²) >= 11 is 0. The van der Waals surface area contributed by atoms with Crippen LogP contribution in [0.25, 0.3) is 0 Å². The summed E-state index contributed by atoms with van der Waals surface area (Å²) in [6.07, 6.45) is 8.97. The summed E-state index contributed by atoms with van der Waals surface area (Å²) in [5, 5.41) is 7.44. The predicted octanol–water partition coefficient (Wildman–Crippen LogP) is 2.14. The highest BCUT2D eigenvalue weighted by Gasteiger charge is 2.39. The highest BCUT2D eigenvalue weighted by Crippen LogP contribution is 2.30. The summed E-state index contributed by atoms with van der Waals surface area (Å²) in [5.74, 6) is 0.985. The van der Waals surface area contributed by atoms with Gasteiger partial charge in [-0.1, -0.05) is 18.6 Å². The van der Waals surface area contributed by atoms with E-state index >= 15 is 0 Å². The molecule has 29 heavy (non-hydrogen) atoms. The molecular formula is C23H44N6. The molecule has 0 aromatic carbocycles. The van der Waals surface area contributed by atoms with Gasteiger partial charge in [0.2, 0.25) is 0 Å². The number of likely N-dealkylation sites (tertiary alicyclic amines) is 3. The normalized spacial score (nSPS) is 25.7. The van der Waals surface area contributed by atoms with Crippen molar-refractivity contribution in [3.8, 4) is 0 Å². The SMILES string of the molecule is C=C(C)CN1CCC(NC(=NC)NCC2(N3CCCCC3)CCN(C)CC2)CC1. The van der Waals surface area contributed by atoms with E-state index in [1.165, 1.54) is 76.7 Å². The predicted molar refractivity (Wildman–Crippen MR) is 124 cm³/mol. The molecule has 3 fully saturated rings. The van der Waals surface area contributed by atoms with Crippen LogP contribution in [-0.2, 0) is 0 Å². The van der Waals surface area contributed by atoms with Gasteiger partial charge in [0.25, 0.3) is 0 Å². The molecule has 0 aromatic rings. The van der Waals surface area contributed by atoms with Crippen LogP contribution in [0.3, 0.4) is 0 Å². The molecule has 0 aliphatic carbocycles. The van der Waals surface area contributed by atoms with E-state index in [9.17, 15) is 0 Å². The minimum atomic E-state index is 0.287. The van der Waals surface area contributed by atoms with Crippen LogP contribution in [-0.4, -0.2) is 98.7 Å². The zero-order valence-electron chi connectivity index (χ0n) is 19.2. The van der Waals surface area contributed by atoms with Gasteiger partial charge in [0.15, 0.2) is 5.96 Å². The van der Waals surface area contributed by atoms with Crippen molar-refractivity contribution in [2.45, 2.75) is 63.5 Å². The van der Waals surface area contributed by atoms with Crippen LogP contribution in [0, 0.1) is 0 Å². The van der Waals surface area contributed by atoms with Crippen molar-refractivity contribution in [3.05, 3.63) is 12.2 Å². The molecule has 0 saturated carbocycles. The lowest BCUT2D eigenvalue weighted by Crippen LogP contribution is -2.62. The number of piperidine rings is 3. The van der Waals surface area contributed by atoms with Crippen molar-refractivity contribution in [1.29, 1.82) is 0 Å². The van der Waals surface area contributed by atoms with Crippen LogP contribution in [0.1, 0.15) is 51.9 Å². The van der Waals surface area contributed by atoms with Crippen LogP contribution in [0.5, 0.6) is 0 Å². The van der Waals surface area contributed by atoms with Gasteiger partial charge in [-0.05, 0) is 78.7 Å². The maximum absolute atomic E-state index is 4.56. The molecule has 0 spiro atoms. The Morgan fingerprint density at radius 3 is 2.28 bits per heavy atom. The lowest BCUT2D eigenvalue weighted by molar-refractivity contribution is 0.0172. The van der Waals surface area contributed by atoms with E-state index in [2.05, 4.69) is 50.9 Å². The summed E-state index contributed by atoms with van der Waals surface area (Å²) in [5.41, 5.74) is 1.55. The van der Waals surface area contributed by atoms with E-state index in [1.807, 2.05) is 7.05 Å². The van der Waals surface area contributed by atoms with E-state index < -0.39 is 0 Å². The molecule has 0 unspecified atom stereocenters. The number of rotatable bonds is 6. The van der Waals surface area contributed by atoms with Crippen LogP contribution >= 0.6 is 0 Å². The fourth-order valence-corrected chi connectivity index (χ4v) is 5.26.